The maximum Gasteiger partial charge on any atom is 0.339 e. The molecule has 5 aliphatic carbocycles. The number of hydrogen-bond acceptors (Lipinski definition) is 13. The zero-order valence-corrected chi connectivity index (χ0v) is 59.9. The Labute approximate surface area is 571 Å². The van der Waals surface area contributed by atoms with Gasteiger partial charge in [0.15, 0.2) is 14.7 Å². The third-order valence-electron chi connectivity index (χ3n) is 19.4. The lowest BCUT2D eigenvalue weighted by Crippen LogP contribution is -2.60. The molecule has 0 amide bonds. The number of nitrogens with zero attached hydrogens (tertiary/aromatic N) is 1. The maximum absolute atomic E-state index is 13.2. The highest BCUT2D eigenvalue weighted by Crippen LogP contribution is 2.63. The predicted molar refractivity (Wildman–Crippen MR) is 369 cm³/mol. The summed E-state index contributed by atoms with van der Waals surface area (Å²) in [5.74, 6) is -0.694. The van der Waals surface area contributed by atoms with E-state index in [2.05, 4.69) is 45.7 Å². The Balaban J connectivity index is 0.000000196. The Kier molecular flexibility index (Phi) is 27.6. The van der Waals surface area contributed by atoms with Gasteiger partial charge in [0.1, 0.15) is 46.6 Å². The standard InChI is InChI=1S/C19H23NO2.C19H30O7S.C18H12F3S.C12H22O2.C10H14O/c1-5-14(2)15-7-6-8-16(13-15)18(21)22-19(3,4)17-9-11-20-12-10-17;1-4-17(2,3)15(20)26-19-10-13-7-14(11-19)9-18(8-13,12-19)16(21)25-5-6-27(22,23)24;19-13-1-7-16(8-2-13)22(17-9-3-14(20)4-10-17)18-11-5-15(21)6-12-18;1-5-11(2,3)10(13)14-12(4)8-6-7-9-12;1-3-8(2)9-4-6-10(11)7-5-9/h6-14H,5H2,1-4H3;13-14H,4-12H2,1-3H3,(H,22,23,24);1-12H;5-9H2,1-4H3;4-8,11H,3H2,1-2H3/q;;+1;;/p-1. The van der Waals surface area contributed by atoms with Crippen LogP contribution in [0.4, 0.5) is 13.2 Å². The van der Waals surface area contributed by atoms with Crippen LogP contribution in [0.2, 0.25) is 0 Å². The van der Waals surface area contributed by atoms with E-state index in [1.54, 1.807) is 67.0 Å². The number of aromatic nitrogens is 1. The first-order chi connectivity index (χ1) is 45.1. The molecule has 11 rings (SSSR count). The molecule has 4 unspecified atom stereocenters. The minimum absolute atomic E-state index is 0.0376. The van der Waals surface area contributed by atoms with Crippen molar-refractivity contribution in [1.29, 1.82) is 0 Å². The van der Waals surface area contributed by atoms with Gasteiger partial charge in [-0.05, 0) is 281 Å². The molecule has 4 atom stereocenters. The molecule has 96 heavy (non-hydrogen) atoms. The lowest BCUT2D eigenvalue weighted by Gasteiger charge is -2.60. The van der Waals surface area contributed by atoms with E-state index in [9.17, 15) is 45.3 Å². The molecular formula is C78H100F3NO12S2. The summed E-state index contributed by atoms with van der Waals surface area (Å²) in [7, 11) is -4.96. The van der Waals surface area contributed by atoms with E-state index >= 15 is 0 Å². The number of phenolic OH excluding ortho intramolecular Hbond substituents is 1. The molecule has 6 aromatic rings. The number of rotatable bonds is 20. The fourth-order valence-corrected chi connectivity index (χ4v) is 14.9. The van der Waals surface area contributed by atoms with E-state index in [-0.39, 0.29) is 46.4 Å². The second kappa shape index (κ2) is 34.0. The summed E-state index contributed by atoms with van der Waals surface area (Å²) in [6, 6.07) is 37.4. The lowest BCUT2D eigenvalue weighted by molar-refractivity contribution is -0.217. The molecule has 1 N–H and O–H groups in total. The topological polar surface area (TPSA) is 196 Å². The SMILES string of the molecule is CCC(C)(C)C(=O)OC1(C)CCCC1.CCC(C)(C)C(=O)OC12CC3CC(C1)CC(C(=O)OCCS(=O)(=O)[O-])(C3)C2.CCC(C)c1ccc(O)cc1.CCC(C)c1cccc(C(=O)OC(C)(C)c2ccncc2)c1.Fc1ccc([S+](c2ccc(F)cc2)c2ccc(F)cc2)cc1. The fraction of sp³-hybridized carbons (Fsp3) is 0.500. The zero-order valence-electron chi connectivity index (χ0n) is 58.3. The smallest absolute Gasteiger partial charge is 0.339 e. The highest BCUT2D eigenvalue weighted by atomic mass is 32.2. The summed E-state index contributed by atoms with van der Waals surface area (Å²) < 4.78 is 94.3. The van der Waals surface area contributed by atoms with Gasteiger partial charge < -0.3 is 28.6 Å². The van der Waals surface area contributed by atoms with Crippen LogP contribution in [-0.2, 0) is 59.9 Å². The maximum atomic E-state index is 13.2. The fourth-order valence-electron chi connectivity index (χ4n) is 12.6. The van der Waals surface area contributed by atoms with E-state index in [1.165, 1.54) is 60.4 Å². The van der Waals surface area contributed by atoms with Crippen LogP contribution in [0.1, 0.15) is 219 Å². The Morgan fingerprint density at radius 3 is 1.55 bits per heavy atom. The largest absolute Gasteiger partial charge is 0.748 e. The quantitative estimate of drug-likeness (QED) is 0.0328. The molecule has 5 fully saturated rings. The van der Waals surface area contributed by atoms with E-state index in [4.69, 9.17) is 24.1 Å². The van der Waals surface area contributed by atoms with Crippen molar-refractivity contribution in [1.82, 2.24) is 4.98 Å². The number of esters is 4. The van der Waals surface area contributed by atoms with Crippen molar-refractivity contribution in [3.05, 3.63) is 186 Å². The second-order valence-corrected chi connectivity index (χ2v) is 31.9. The Hall–Kier alpha value is -7.02. The summed E-state index contributed by atoms with van der Waals surface area (Å²) in [4.78, 5) is 56.5. The summed E-state index contributed by atoms with van der Waals surface area (Å²) in [5, 5.41) is 9.01. The zero-order chi connectivity index (χ0) is 70.9. The van der Waals surface area contributed by atoms with Gasteiger partial charge in [0.2, 0.25) is 0 Å². The Bertz CT molecular complexity index is 3470. The molecule has 18 heteroatoms. The van der Waals surface area contributed by atoms with Crippen LogP contribution in [-0.4, -0.2) is 70.5 Å². The summed E-state index contributed by atoms with van der Waals surface area (Å²) in [6.45, 7) is 25.7. The van der Waals surface area contributed by atoms with Gasteiger partial charge in [-0.15, -0.1) is 0 Å². The molecule has 0 saturated heterocycles. The molecule has 1 aromatic heterocycles. The number of hydrogen-bond donors (Lipinski definition) is 1. The highest BCUT2D eigenvalue weighted by Gasteiger charge is 2.63. The molecule has 5 aromatic carbocycles. The molecule has 4 bridgehead atoms. The van der Waals surface area contributed by atoms with Crippen LogP contribution >= 0.6 is 0 Å². The average molecular weight is 1360 g/mol. The third-order valence-corrected chi connectivity index (χ3v) is 22.3. The van der Waals surface area contributed by atoms with Crippen LogP contribution < -0.4 is 0 Å². The monoisotopic (exact) mass is 1360 g/mol. The summed E-state index contributed by atoms with van der Waals surface area (Å²) >= 11 is 0. The van der Waals surface area contributed by atoms with Gasteiger partial charge in [-0.1, -0.05) is 65.8 Å². The van der Waals surface area contributed by atoms with E-state index in [0.29, 0.717) is 60.7 Å². The van der Waals surface area contributed by atoms with Gasteiger partial charge in [-0.3, -0.25) is 19.4 Å². The second-order valence-electron chi connectivity index (χ2n) is 28.4. The van der Waals surface area contributed by atoms with Crippen molar-refractivity contribution in [3.8, 4) is 5.75 Å². The molecule has 0 radical (unpaired) electrons. The summed E-state index contributed by atoms with van der Waals surface area (Å²) in [5.41, 5.74) is 0.865. The minimum Gasteiger partial charge on any atom is -0.748 e. The molecule has 0 spiro atoms. The summed E-state index contributed by atoms with van der Waals surface area (Å²) in [6.07, 6.45) is 15.9. The molecule has 13 nitrogen and oxygen atoms in total. The molecular weight excluding hydrogens is 1260 g/mol. The van der Waals surface area contributed by atoms with Crippen LogP contribution in [0.25, 0.3) is 0 Å². The molecule has 522 valence electrons. The first-order valence-corrected chi connectivity index (χ1v) is 36.5. The van der Waals surface area contributed by atoms with Gasteiger partial charge in [0.05, 0.1) is 48.6 Å². The number of carbonyl (C=O) groups is 4. The number of carbonyl (C=O) groups excluding carboxylic acids is 4. The number of halogens is 3. The molecule has 0 aliphatic heterocycles. The average Bonchev–Trinajstić information content (AvgIpc) is 0.740. The normalized spacial score (nSPS) is 19.8. The van der Waals surface area contributed by atoms with Crippen LogP contribution in [0, 0.1) is 45.5 Å². The number of pyridine rings is 1. The first-order valence-electron chi connectivity index (χ1n) is 33.7. The lowest BCUT2D eigenvalue weighted by atomic mass is 9.48. The van der Waals surface area contributed by atoms with Gasteiger partial charge in [-0.25, -0.2) is 26.4 Å². The van der Waals surface area contributed by atoms with Crippen molar-refractivity contribution < 1.29 is 69.4 Å². The van der Waals surface area contributed by atoms with Crippen molar-refractivity contribution in [2.45, 2.75) is 223 Å². The molecule has 5 saturated carbocycles. The van der Waals surface area contributed by atoms with Crippen molar-refractivity contribution in [2.24, 2.45) is 28.1 Å². The van der Waals surface area contributed by atoms with Crippen LogP contribution in [0.15, 0.2) is 161 Å². The minimum atomic E-state index is -4.42. The van der Waals surface area contributed by atoms with Crippen molar-refractivity contribution in [3.63, 3.8) is 0 Å². The number of phenols is 1. The van der Waals surface area contributed by atoms with Gasteiger partial charge in [-0.2, -0.15) is 0 Å². The predicted octanol–water partition coefficient (Wildman–Crippen LogP) is 18.5. The number of aromatic hydroxyl groups is 1. The first kappa shape index (κ1) is 78.0. The van der Waals surface area contributed by atoms with E-state index in [1.807, 2.05) is 91.8 Å². The van der Waals surface area contributed by atoms with Gasteiger partial charge in [0, 0.05) is 18.8 Å². The van der Waals surface area contributed by atoms with Crippen LogP contribution in [0.5, 0.6) is 5.75 Å². The van der Waals surface area contributed by atoms with E-state index < -0.39 is 61.4 Å². The van der Waals surface area contributed by atoms with E-state index in [0.717, 1.165) is 71.6 Å². The highest BCUT2D eigenvalue weighted by molar-refractivity contribution is 7.97. The third kappa shape index (κ3) is 22.3. The Morgan fingerprint density at radius 2 is 1.10 bits per heavy atom. The van der Waals surface area contributed by atoms with Gasteiger partial charge in [0.25, 0.3) is 0 Å². The van der Waals surface area contributed by atoms with Crippen LogP contribution in [0.3, 0.4) is 0 Å². The Morgan fingerprint density at radius 1 is 0.646 bits per heavy atom. The number of benzene rings is 5. The van der Waals surface area contributed by atoms with Crippen molar-refractivity contribution in [2.75, 3.05) is 12.4 Å². The molecule has 5 aliphatic rings. The van der Waals surface area contributed by atoms with Gasteiger partial charge >= 0.3 is 23.9 Å². The number of ether oxygens (including phenoxy) is 4. The van der Waals surface area contributed by atoms with Crippen molar-refractivity contribution >= 4 is 44.9 Å². The molecule has 1 heterocycles.